The van der Waals surface area contributed by atoms with Gasteiger partial charge in [0.15, 0.2) is 0 Å². The van der Waals surface area contributed by atoms with E-state index < -0.39 is 42.4 Å². The topological polar surface area (TPSA) is 150 Å². The zero-order valence-corrected chi connectivity index (χ0v) is 30.7. The lowest BCUT2D eigenvalue weighted by atomic mass is 9.90. The predicted octanol–water partition coefficient (Wildman–Crippen LogP) is 2.51. The molecule has 1 aliphatic rings. The minimum atomic E-state index is -0.871. The number of rotatable bonds is 19. The molecule has 4 N–H and O–H groups in total. The molecule has 272 valence electrons. The van der Waals surface area contributed by atoms with Gasteiger partial charge in [0.25, 0.3) is 0 Å². The van der Waals surface area contributed by atoms with Crippen LogP contribution in [0.4, 0.5) is 0 Å². The third kappa shape index (κ3) is 10.7. The second kappa shape index (κ2) is 19.8. The molecule has 0 radical (unpaired) electrons. The van der Waals surface area contributed by atoms with Crippen molar-refractivity contribution in [1.29, 1.82) is 0 Å². The number of amides is 4. The summed E-state index contributed by atoms with van der Waals surface area (Å²) in [5, 5.41) is 19.4. The first-order valence-corrected chi connectivity index (χ1v) is 17.3. The maximum absolute atomic E-state index is 13.9. The average Bonchev–Trinajstić information content (AvgIpc) is 3.56. The van der Waals surface area contributed by atoms with Crippen molar-refractivity contribution >= 4 is 23.6 Å². The zero-order valence-electron chi connectivity index (χ0n) is 30.7. The van der Waals surface area contributed by atoms with Gasteiger partial charge in [0.1, 0.15) is 0 Å². The maximum atomic E-state index is 13.9. The van der Waals surface area contributed by atoms with Gasteiger partial charge in [-0.3, -0.25) is 19.2 Å². The Hall–Kier alpha value is -3.06. The summed E-state index contributed by atoms with van der Waals surface area (Å²) in [5.74, 6) is -1.45. The molecule has 0 aliphatic carbocycles. The summed E-state index contributed by atoms with van der Waals surface area (Å²) in [6.45, 7) is 11.8. The van der Waals surface area contributed by atoms with Crippen LogP contribution in [0.15, 0.2) is 30.3 Å². The van der Waals surface area contributed by atoms with E-state index in [1.54, 1.807) is 52.0 Å². The Morgan fingerprint density at radius 3 is 2.21 bits per heavy atom. The van der Waals surface area contributed by atoms with Gasteiger partial charge < -0.3 is 40.3 Å². The fourth-order valence-electron chi connectivity index (χ4n) is 6.86. The van der Waals surface area contributed by atoms with Crippen molar-refractivity contribution in [3.8, 4) is 0 Å². The number of nitrogens with zero attached hydrogens (tertiary/aromatic N) is 2. The van der Waals surface area contributed by atoms with E-state index in [9.17, 15) is 24.3 Å². The Morgan fingerprint density at radius 2 is 1.67 bits per heavy atom. The van der Waals surface area contributed by atoms with Crippen molar-refractivity contribution in [2.24, 2.45) is 17.8 Å². The first-order chi connectivity index (χ1) is 22.7. The Labute approximate surface area is 287 Å². The fraction of sp³-hybridized carbons (Fsp3) is 0.722. The van der Waals surface area contributed by atoms with Gasteiger partial charge in [-0.1, -0.05) is 71.4 Å². The van der Waals surface area contributed by atoms with Gasteiger partial charge in [0.2, 0.25) is 23.6 Å². The third-order valence-corrected chi connectivity index (χ3v) is 9.96. The van der Waals surface area contributed by atoms with Crippen LogP contribution in [0.3, 0.4) is 0 Å². The zero-order chi connectivity index (χ0) is 36.1. The molecule has 1 aliphatic heterocycles. The molecule has 4 amide bonds. The molecule has 12 nitrogen and oxygen atoms in total. The Balaban J connectivity index is 2.14. The highest BCUT2D eigenvalue weighted by Crippen LogP contribution is 2.29. The molecule has 6 unspecified atom stereocenters. The monoisotopic (exact) mass is 675 g/mol. The molecule has 1 aromatic rings. The van der Waals surface area contributed by atoms with E-state index in [4.69, 9.17) is 9.47 Å². The predicted molar refractivity (Wildman–Crippen MR) is 186 cm³/mol. The van der Waals surface area contributed by atoms with E-state index >= 15 is 0 Å². The number of benzene rings is 1. The van der Waals surface area contributed by atoms with Crippen LogP contribution < -0.4 is 16.0 Å². The smallest absolute Gasteiger partial charge is 0.242 e. The number of aliphatic hydroxyl groups excluding tert-OH is 1. The van der Waals surface area contributed by atoms with Gasteiger partial charge in [0, 0.05) is 27.8 Å². The molecule has 0 aromatic heterocycles. The summed E-state index contributed by atoms with van der Waals surface area (Å²) >= 11 is 0. The SMILES string of the molecule is CC[C@H](C)C(C(CC(=O)N1CCCC1[C@H](OC)C(C)C(=O)N[C@H](C)C(O)c1ccccc1)OC)N(C)C(=O)CNC(=O)C(NC)C(C)C. The van der Waals surface area contributed by atoms with E-state index in [0.29, 0.717) is 18.5 Å². The average molecular weight is 676 g/mol. The van der Waals surface area contributed by atoms with Crippen LogP contribution in [0.1, 0.15) is 78.9 Å². The summed E-state index contributed by atoms with van der Waals surface area (Å²) in [6.07, 6.45) is 0.202. The lowest BCUT2D eigenvalue weighted by Gasteiger charge is -2.39. The van der Waals surface area contributed by atoms with Crippen LogP contribution in [0.25, 0.3) is 0 Å². The number of carbonyl (C=O) groups excluding carboxylic acids is 4. The second-order valence-electron chi connectivity index (χ2n) is 13.5. The second-order valence-corrected chi connectivity index (χ2v) is 13.5. The Bertz CT molecular complexity index is 1170. The molecule has 9 atom stereocenters. The summed E-state index contributed by atoms with van der Waals surface area (Å²) in [5.41, 5.74) is 0.711. The van der Waals surface area contributed by atoms with E-state index in [2.05, 4.69) is 16.0 Å². The van der Waals surface area contributed by atoms with Crippen molar-refractivity contribution < 1.29 is 33.8 Å². The largest absolute Gasteiger partial charge is 0.386 e. The van der Waals surface area contributed by atoms with Gasteiger partial charge in [-0.15, -0.1) is 0 Å². The summed E-state index contributed by atoms with van der Waals surface area (Å²) in [4.78, 5) is 56.7. The van der Waals surface area contributed by atoms with Gasteiger partial charge in [0.05, 0.1) is 61.4 Å². The summed E-state index contributed by atoms with van der Waals surface area (Å²) in [7, 11) is 6.50. The molecular formula is C36H61N5O7. The fourth-order valence-corrected chi connectivity index (χ4v) is 6.86. The Kier molecular flexibility index (Phi) is 17.0. The standard InChI is InChI=1S/C36H61N5O7/c1-11-23(4)32(40(8)30(43)21-38-36(46)31(37-7)22(2)3)28(47-9)20-29(42)41-19-15-18-27(41)34(48-10)24(5)35(45)39-25(6)33(44)26-16-13-12-14-17-26/h12-14,16-17,22-25,27-28,31-34,37,44H,11,15,18-21H2,1-10H3,(H,38,46)(H,39,45)/t23-,24?,25+,27?,28?,31?,32?,33?,34+/m0/s1. The molecule has 1 aromatic carbocycles. The van der Waals surface area contributed by atoms with Crippen LogP contribution in [-0.4, -0.2) is 116 Å². The first-order valence-electron chi connectivity index (χ1n) is 17.3. The number of methoxy groups -OCH3 is 2. The molecule has 1 fully saturated rings. The molecule has 48 heavy (non-hydrogen) atoms. The molecule has 12 heteroatoms. The number of ether oxygens (including phenoxy) is 2. The Morgan fingerprint density at radius 1 is 1.02 bits per heavy atom. The summed E-state index contributed by atoms with van der Waals surface area (Å²) < 4.78 is 11.8. The number of nitrogens with one attached hydrogen (secondary N) is 3. The van der Waals surface area contributed by atoms with Gasteiger partial charge in [-0.25, -0.2) is 0 Å². The number of hydrogen-bond acceptors (Lipinski definition) is 8. The van der Waals surface area contributed by atoms with Crippen molar-refractivity contribution in [2.45, 2.75) is 110 Å². The molecule has 1 saturated heterocycles. The third-order valence-electron chi connectivity index (χ3n) is 9.96. The van der Waals surface area contributed by atoms with Crippen molar-refractivity contribution in [3.63, 3.8) is 0 Å². The van der Waals surface area contributed by atoms with Crippen molar-refractivity contribution in [1.82, 2.24) is 25.8 Å². The van der Waals surface area contributed by atoms with Gasteiger partial charge >= 0.3 is 0 Å². The lowest BCUT2D eigenvalue weighted by molar-refractivity contribution is -0.146. The quantitative estimate of drug-likeness (QED) is 0.175. The van der Waals surface area contributed by atoms with Gasteiger partial charge in [-0.2, -0.15) is 0 Å². The van der Waals surface area contributed by atoms with E-state index in [1.807, 2.05) is 58.0 Å². The number of hydrogen-bond donors (Lipinski definition) is 4. The minimum Gasteiger partial charge on any atom is -0.386 e. The van der Waals surface area contributed by atoms with Crippen LogP contribution >= 0.6 is 0 Å². The van der Waals surface area contributed by atoms with Crippen LogP contribution in [-0.2, 0) is 28.7 Å². The highest BCUT2D eigenvalue weighted by Gasteiger charge is 2.42. The molecule has 1 heterocycles. The number of aliphatic hydroxyl groups is 1. The van der Waals surface area contributed by atoms with E-state index in [1.165, 1.54) is 0 Å². The number of carbonyl (C=O) groups is 4. The summed E-state index contributed by atoms with van der Waals surface area (Å²) in [6, 6.07) is 7.48. The van der Waals surface area contributed by atoms with E-state index in [0.717, 1.165) is 12.8 Å². The van der Waals surface area contributed by atoms with Crippen molar-refractivity contribution in [3.05, 3.63) is 35.9 Å². The highest BCUT2D eigenvalue weighted by molar-refractivity contribution is 5.87. The van der Waals surface area contributed by atoms with E-state index in [-0.39, 0.29) is 54.5 Å². The van der Waals surface area contributed by atoms with Gasteiger partial charge in [-0.05, 0) is 44.2 Å². The highest BCUT2D eigenvalue weighted by atomic mass is 16.5. The molecule has 0 bridgehead atoms. The lowest BCUT2D eigenvalue weighted by Crippen LogP contribution is -2.55. The molecule has 0 spiro atoms. The van der Waals surface area contributed by atoms with Crippen LogP contribution in [0, 0.1) is 17.8 Å². The maximum Gasteiger partial charge on any atom is 0.242 e. The first kappa shape index (κ1) is 41.1. The number of likely N-dealkylation sites (N-methyl/N-ethyl adjacent to an activating group) is 2. The minimum absolute atomic E-state index is 0.00571. The van der Waals surface area contributed by atoms with Crippen molar-refractivity contribution in [2.75, 3.05) is 41.4 Å². The molecular weight excluding hydrogens is 614 g/mol. The molecule has 0 saturated carbocycles. The van der Waals surface area contributed by atoms with Crippen LogP contribution in [0.5, 0.6) is 0 Å². The normalized spacial score (nSPS) is 19.8. The number of likely N-dealkylation sites (tertiary alicyclic amines) is 1. The molecule has 2 rings (SSSR count). The van der Waals surface area contributed by atoms with Crippen LogP contribution in [0.2, 0.25) is 0 Å².